The molecule has 1 unspecified atom stereocenters. The van der Waals surface area contributed by atoms with Crippen LogP contribution in [-0.2, 0) is 4.79 Å². The molecule has 1 aliphatic carbocycles. The third kappa shape index (κ3) is 5.05. The van der Waals surface area contributed by atoms with Crippen LogP contribution >= 0.6 is 0 Å². The zero-order valence-corrected chi connectivity index (χ0v) is 8.74. The van der Waals surface area contributed by atoms with Crippen molar-refractivity contribution in [1.29, 1.82) is 0 Å². The lowest BCUT2D eigenvalue weighted by Gasteiger charge is -2.16. The van der Waals surface area contributed by atoms with Gasteiger partial charge in [-0.05, 0) is 31.6 Å². The maximum absolute atomic E-state index is 10.3. The molecule has 80 valence electrons. The molecule has 0 radical (unpaired) electrons. The molecule has 0 heterocycles. The van der Waals surface area contributed by atoms with E-state index in [0.717, 1.165) is 18.8 Å². The second-order valence-corrected chi connectivity index (χ2v) is 4.14. The van der Waals surface area contributed by atoms with E-state index in [9.17, 15) is 4.79 Å². The van der Waals surface area contributed by atoms with Crippen LogP contribution in [0.2, 0.25) is 0 Å². The van der Waals surface area contributed by atoms with Crippen LogP contribution in [0, 0.1) is 5.92 Å². The van der Waals surface area contributed by atoms with Crippen molar-refractivity contribution in [2.24, 2.45) is 5.92 Å². The van der Waals surface area contributed by atoms with Crippen molar-refractivity contribution in [3.8, 4) is 0 Å². The molecule has 2 nitrogen and oxygen atoms in total. The van der Waals surface area contributed by atoms with Crippen LogP contribution in [0.4, 0.5) is 0 Å². The van der Waals surface area contributed by atoms with E-state index in [1.807, 2.05) is 0 Å². The first-order chi connectivity index (χ1) is 6.79. The maximum Gasteiger partial charge on any atom is 0.303 e. The summed E-state index contributed by atoms with van der Waals surface area (Å²) in [5.41, 5.74) is 0. The summed E-state index contributed by atoms with van der Waals surface area (Å²) in [6.07, 6.45) is 13.1. The SMILES string of the molecule is O=C(O)CCCCCC1CC=CCC1. The van der Waals surface area contributed by atoms with Gasteiger partial charge in [0.15, 0.2) is 0 Å². The first-order valence-electron chi connectivity index (χ1n) is 5.66. The van der Waals surface area contributed by atoms with E-state index in [1.54, 1.807) is 0 Å². The Morgan fingerprint density at radius 1 is 1.29 bits per heavy atom. The van der Waals surface area contributed by atoms with Crippen LogP contribution in [0.3, 0.4) is 0 Å². The summed E-state index contributed by atoms with van der Waals surface area (Å²) in [4.78, 5) is 10.3. The topological polar surface area (TPSA) is 37.3 Å². The molecule has 1 rings (SSSR count). The minimum atomic E-state index is -0.661. The largest absolute Gasteiger partial charge is 0.481 e. The van der Waals surface area contributed by atoms with Crippen LogP contribution in [0.25, 0.3) is 0 Å². The molecular weight excluding hydrogens is 176 g/mol. The number of aliphatic carboxylic acids is 1. The molecule has 0 fully saturated rings. The van der Waals surface area contributed by atoms with Gasteiger partial charge in [0.05, 0.1) is 0 Å². The molecule has 0 spiro atoms. The smallest absolute Gasteiger partial charge is 0.303 e. The Hall–Kier alpha value is -0.790. The number of hydrogen-bond donors (Lipinski definition) is 1. The molecule has 0 aliphatic heterocycles. The summed E-state index contributed by atoms with van der Waals surface area (Å²) < 4.78 is 0. The van der Waals surface area contributed by atoms with Gasteiger partial charge in [-0.2, -0.15) is 0 Å². The standard InChI is InChI=1S/C12H20O2/c13-12(14)10-6-2-5-9-11-7-3-1-4-8-11/h1,3,11H,2,4-10H2,(H,13,14). The monoisotopic (exact) mass is 196 g/mol. The van der Waals surface area contributed by atoms with Gasteiger partial charge in [-0.1, -0.05) is 31.4 Å². The highest BCUT2D eigenvalue weighted by Crippen LogP contribution is 2.23. The van der Waals surface area contributed by atoms with Gasteiger partial charge in [-0.15, -0.1) is 0 Å². The average molecular weight is 196 g/mol. The number of hydrogen-bond acceptors (Lipinski definition) is 1. The Morgan fingerprint density at radius 2 is 2.14 bits per heavy atom. The van der Waals surface area contributed by atoms with E-state index in [0.29, 0.717) is 6.42 Å². The molecule has 0 aromatic heterocycles. The van der Waals surface area contributed by atoms with Gasteiger partial charge in [0.2, 0.25) is 0 Å². The number of carbonyl (C=O) groups is 1. The Balaban J connectivity index is 1.93. The molecule has 0 amide bonds. The first-order valence-corrected chi connectivity index (χ1v) is 5.66. The Morgan fingerprint density at radius 3 is 2.79 bits per heavy atom. The molecule has 0 aromatic carbocycles. The molecule has 1 aliphatic rings. The van der Waals surface area contributed by atoms with Gasteiger partial charge >= 0.3 is 5.97 Å². The second kappa shape index (κ2) is 6.63. The number of rotatable bonds is 6. The summed E-state index contributed by atoms with van der Waals surface area (Å²) in [5.74, 6) is 0.204. The van der Waals surface area contributed by atoms with Crippen molar-refractivity contribution >= 4 is 5.97 Å². The Bertz CT molecular complexity index is 196. The number of unbranched alkanes of at least 4 members (excludes halogenated alkanes) is 2. The molecule has 0 saturated carbocycles. The van der Waals surface area contributed by atoms with Crippen LogP contribution in [0.1, 0.15) is 51.4 Å². The predicted octanol–water partition coefficient (Wildman–Crippen LogP) is 3.38. The normalized spacial score (nSPS) is 21.0. The highest BCUT2D eigenvalue weighted by molar-refractivity contribution is 5.66. The summed E-state index contributed by atoms with van der Waals surface area (Å²) in [7, 11) is 0. The zero-order valence-electron chi connectivity index (χ0n) is 8.74. The van der Waals surface area contributed by atoms with Gasteiger partial charge in [-0.25, -0.2) is 0 Å². The van der Waals surface area contributed by atoms with Gasteiger partial charge in [-0.3, -0.25) is 4.79 Å². The minimum absolute atomic E-state index is 0.338. The first kappa shape index (κ1) is 11.3. The van der Waals surface area contributed by atoms with Crippen LogP contribution in [0.5, 0.6) is 0 Å². The molecule has 1 N–H and O–H groups in total. The number of carboxylic acid groups (broad SMARTS) is 1. The van der Waals surface area contributed by atoms with Crippen LogP contribution in [-0.4, -0.2) is 11.1 Å². The second-order valence-electron chi connectivity index (χ2n) is 4.14. The molecule has 0 saturated heterocycles. The zero-order chi connectivity index (χ0) is 10.2. The minimum Gasteiger partial charge on any atom is -0.481 e. The van der Waals surface area contributed by atoms with E-state index in [1.165, 1.54) is 32.1 Å². The van der Waals surface area contributed by atoms with Crippen molar-refractivity contribution in [2.45, 2.75) is 51.4 Å². The van der Waals surface area contributed by atoms with E-state index >= 15 is 0 Å². The van der Waals surface area contributed by atoms with Crippen LogP contribution in [0.15, 0.2) is 12.2 Å². The fraction of sp³-hybridized carbons (Fsp3) is 0.750. The van der Waals surface area contributed by atoms with Crippen LogP contribution < -0.4 is 0 Å². The van der Waals surface area contributed by atoms with Crippen molar-refractivity contribution in [3.63, 3.8) is 0 Å². The summed E-state index contributed by atoms with van der Waals surface area (Å²) in [6, 6.07) is 0. The Kier molecular flexibility index (Phi) is 5.35. The lowest BCUT2D eigenvalue weighted by atomic mass is 9.89. The summed E-state index contributed by atoms with van der Waals surface area (Å²) in [5, 5.41) is 8.45. The average Bonchev–Trinajstić information content (AvgIpc) is 2.18. The van der Waals surface area contributed by atoms with Crippen molar-refractivity contribution in [2.75, 3.05) is 0 Å². The van der Waals surface area contributed by atoms with Crippen molar-refractivity contribution in [3.05, 3.63) is 12.2 Å². The quantitative estimate of drug-likeness (QED) is 0.522. The fourth-order valence-corrected chi connectivity index (χ4v) is 2.00. The summed E-state index contributed by atoms with van der Waals surface area (Å²) >= 11 is 0. The lowest BCUT2D eigenvalue weighted by molar-refractivity contribution is -0.137. The van der Waals surface area contributed by atoms with Gasteiger partial charge < -0.3 is 5.11 Å². The Labute approximate surface area is 86.0 Å². The molecule has 0 aromatic rings. The molecular formula is C12H20O2. The number of carboxylic acids is 1. The van der Waals surface area contributed by atoms with E-state index < -0.39 is 5.97 Å². The molecule has 14 heavy (non-hydrogen) atoms. The fourth-order valence-electron chi connectivity index (χ4n) is 2.00. The van der Waals surface area contributed by atoms with E-state index in [-0.39, 0.29) is 0 Å². The molecule has 2 heteroatoms. The van der Waals surface area contributed by atoms with E-state index in [4.69, 9.17) is 5.11 Å². The van der Waals surface area contributed by atoms with Gasteiger partial charge in [0, 0.05) is 6.42 Å². The number of allylic oxidation sites excluding steroid dienone is 2. The highest BCUT2D eigenvalue weighted by atomic mass is 16.4. The van der Waals surface area contributed by atoms with Gasteiger partial charge in [0.25, 0.3) is 0 Å². The van der Waals surface area contributed by atoms with Crippen molar-refractivity contribution < 1.29 is 9.90 Å². The summed E-state index contributed by atoms with van der Waals surface area (Å²) in [6.45, 7) is 0. The molecule has 1 atom stereocenters. The lowest BCUT2D eigenvalue weighted by Crippen LogP contribution is -2.02. The predicted molar refractivity (Wildman–Crippen MR) is 57.2 cm³/mol. The maximum atomic E-state index is 10.3. The highest BCUT2D eigenvalue weighted by Gasteiger charge is 2.08. The van der Waals surface area contributed by atoms with Crippen molar-refractivity contribution in [1.82, 2.24) is 0 Å². The van der Waals surface area contributed by atoms with E-state index in [2.05, 4.69) is 12.2 Å². The van der Waals surface area contributed by atoms with Gasteiger partial charge in [0.1, 0.15) is 0 Å². The third-order valence-electron chi connectivity index (χ3n) is 2.88. The third-order valence-corrected chi connectivity index (χ3v) is 2.88. The molecule has 0 bridgehead atoms.